The van der Waals surface area contributed by atoms with Crippen LogP contribution < -0.4 is 14.8 Å². The average Bonchev–Trinajstić information content (AvgIpc) is 3.39. The Hall–Kier alpha value is -2.88. The Labute approximate surface area is 159 Å². The molecule has 27 heavy (non-hydrogen) atoms. The first-order chi connectivity index (χ1) is 13.0. The number of amides is 3. The van der Waals surface area contributed by atoms with Crippen LogP contribution in [-0.2, 0) is 4.79 Å². The molecule has 0 unspecified atom stereocenters. The Morgan fingerprint density at radius 3 is 2.89 bits per heavy atom. The summed E-state index contributed by atoms with van der Waals surface area (Å²) in [6.45, 7) is 0.785. The first-order valence-corrected chi connectivity index (χ1v) is 9.37. The van der Waals surface area contributed by atoms with Gasteiger partial charge in [-0.05, 0) is 31.0 Å². The fraction of sp³-hybridized carbons (Fsp3) is 0.412. The van der Waals surface area contributed by atoms with Crippen molar-refractivity contribution in [2.24, 2.45) is 0 Å². The fourth-order valence-electron chi connectivity index (χ4n) is 3.13. The van der Waals surface area contributed by atoms with E-state index < -0.39 is 6.04 Å². The molecule has 1 aromatic heterocycles. The number of fused-ring (bicyclic) bond motifs is 1. The standard InChI is InChI=1S/C17H19N5O4S/c1-21(2)17(24)22-7-3-4-11(22)14(23)18-16-20-19-15(27-16)10-5-6-12-13(8-10)26-9-25-12/h5-6,8,11H,3-4,7,9H2,1-2H3,(H,18,20,23)/t11-/m1/s1. The minimum atomic E-state index is -0.488. The van der Waals surface area contributed by atoms with Crippen LogP contribution in [0.15, 0.2) is 18.2 Å². The predicted octanol–water partition coefficient (Wildman–Crippen LogP) is 2.02. The second-order valence-electron chi connectivity index (χ2n) is 6.50. The highest BCUT2D eigenvalue weighted by molar-refractivity contribution is 7.18. The SMILES string of the molecule is CN(C)C(=O)N1CCC[C@@H]1C(=O)Nc1nnc(-c2ccc3c(c2)OCO3)s1. The molecule has 9 nitrogen and oxygen atoms in total. The van der Waals surface area contributed by atoms with Gasteiger partial charge in [0.15, 0.2) is 11.5 Å². The molecule has 2 aromatic rings. The minimum absolute atomic E-state index is 0.161. The number of urea groups is 1. The van der Waals surface area contributed by atoms with Crippen LogP contribution in [0.5, 0.6) is 11.5 Å². The molecule has 1 aromatic carbocycles. The van der Waals surface area contributed by atoms with Crippen LogP contribution in [0.3, 0.4) is 0 Å². The van der Waals surface area contributed by atoms with E-state index in [1.807, 2.05) is 18.2 Å². The number of rotatable bonds is 3. The smallest absolute Gasteiger partial charge is 0.320 e. The lowest BCUT2D eigenvalue weighted by atomic mass is 10.2. The van der Waals surface area contributed by atoms with Gasteiger partial charge in [-0.15, -0.1) is 10.2 Å². The van der Waals surface area contributed by atoms with E-state index in [-0.39, 0.29) is 18.7 Å². The summed E-state index contributed by atoms with van der Waals surface area (Å²) < 4.78 is 10.7. The van der Waals surface area contributed by atoms with E-state index in [4.69, 9.17) is 9.47 Å². The van der Waals surface area contributed by atoms with Crippen LogP contribution in [0.4, 0.5) is 9.93 Å². The molecule has 3 amide bonds. The van der Waals surface area contributed by atoms with Crippen molar-refractivity contribution < 1.29 is 19.1 Å². The van der Waals surface area contributed by atoms with Crippen LogP contribution in [0.1, 0.15) is 12.8 Å². The molecule has 3 heterocycles. The summed E-state index contributed by atoms with van der Waals surface area (Å²) >= 11 is 1.27. The topological polar surface area (TPSA) is 96.9 Å². The maximum Gasteiger partial charge on any atom is 0.320 e. The van der Waals surface area contributed by atoms with Gasteiger partial charge in [0.2, 0.25) is 17.8 Å². The molecule has 1 saturated heterocycles. The maximum atomic E-state index is 12.6. The molecule has 4 rings (SSSR count). The van der Waals surface area contributed by atoms with Crippen molar-refractivity contribution >= 4 is 28.4 Å². The monoisotopic (exact) mass is 389 g/mol. The zero-order chi connectivity index (χ0) is 19.0. The molecular weight excluding hydrogens is 370 g/mol. The van der Waals surface area contributed by atoms with E-state index in [1.165, 1.54) is 16.2 Å². The van der Waals surface area contributed by atoms with Crippen molar-refractivity contribution in [1.82, 2.24) is 20.0 Å². The number of anilines is 1. The summed E-state index contributed by atoms with van der Waals surface area (Å²) in [5.41, 5.74) is 0.836. The number of hydrogen-bond donors (Lipinski definition) is 1. The van der Waals surface area contributed by atoms with Gasteiger partial charge in [-0.2, -0.15) is 0 Å². The van der Waals surface area contributed by atoms with E-state index in [9.17, 15) is 9.59 Å². The van der Waals surface area contributed by atoms with Gasteiger partial charge in [-0.3, -0.25) is 10.1 Å². The van der Waals surface area contributed by atoms with Crippen LogP contribution in [-0.4, -0.2) is 65.4 Å². The molecule has 1 fully saturated rings. The molecule has 0 bridgehead atoms. The zero-order valence-electron chi connectivity index (χ0n) is 15.0. The van der Waals surface area contributed by atoms with Crippen molar-refractivity contribution in [3.05, 3.63) is 18.2 Å². The number of hydrogen-bond acceptors (Lipinski definition) is 7. The number of ether oxygens (including phenoxy) is 2. The quantitative estimate of drug-likeness (QED) is 0.863. The van der Waals surface area contributed by atoms with Crippen LogP contribution in [0, 0.1) is 0 Å². The van der Waals surface area contributed by atoms with Gasteiger partial charge in [0.05, 0.1) is 0 Å². The normalized spacial score (nSPS) is 17.9. The summed E-state index contributed by atoms with van der Waals surface area (Å²) in [7, 11) is 3.36. The molecule has 0 aliphatic carbocycles. The summed E-state index contributed by atoms with van der Waals surface area (Å²) in [4.78, 5) is 27.9. The molecule has 2 aliphatic rings. The van der Waals surface area contributed by atoms with Crippen molar-refractivity contribution in [2.45, 2.75) is 18.9 Å². The lowest BCUT2D eigenvalue weighted by molar-refractivity contribution is -0.119. The predicted molar refractivity (Wildman–Crippen MR) is 98.9 cm³/mol. The Kier molecular flexibility index (Phi) is 4.56. The highest BCUT2D eigenvalue weighted by atomic mass is 32.1. The van der Waals surface area contributed by atoms with E-state index in [2.05, 4.69) is 15.5 Å². The average molecular weight is 389 g/mol. The highest BCUT2D eigenvalue weighted by Gasteiger charge is 2.35. The summed E-state index contributed by atoms with van der Waals surface area (Å²) in [5.74, 6) is 1.12. The van der Waals surface area contributed by atoms with E-state index in [0.29, 0.717) is 34.6 Å². The third-order valence-electron chi connectivity index (χ3n) is 4.46. The molecule has 1 atom stereocenters. The zero-order valence-corrected chi connectivity index (χ0v) is 15.8. The number of likely N-dealkylation sites (tertiary alicyclic amines) is 1. The second-order valence-corrected chi connectivity index (χ2v) is 7.48. The van der Waals surface area contributed by atoms with Gasteiger partial charge in [0.25, 0.3) is 0 Å². The van der Waals surface area contributed by atoms with E-state index >= 15 is 0 Å². The number of aromatic nitrogens is 2. The first-order valence-electron chi connectivity index (χ1n) is 8.55. The van der Waals surface area contributed by atoms with E-state index in [0.717, 1.165) is 12.0 Å². The molecule has 0 saturated carbocycles. The maximum absolute atomic E-state index is 12.6. The Balaban J connectivity index is 1.46. The molecule has 142 valence electrons. The van der Waals surface area contributed by atoms with Crippen molar-refractivity contribution in [2.75, 3.05) is 32.7 Å². The fourth-order valence-corrected chi connectivity index (χ4v) is 3.88. The molecule has 0 radical (unpaired) electrons. The summed E-state index contributed by atoms with van der Waals surface area (Å²) in [6, 6.07) is 4.88. The van der Waals surface area contributed by atoms with Gasteiger partial charge in [0, 0.05) is 26.2 Å². The molecular formula is C17H19N5O4S. The molecule has 2 aliphatic heterocycles. The molecule has 1 N–H and O–H groups in total. The summed E-state index contributed by atoms with van der Waals surface area (Å²) in [5, 5.41) is 12.0. The van der Waals surface area contributed by atoms with Crippen LogP contribution in [0.25, 0.3) is 10.6 Å². The van der Waals surface area contributed by atoms with E-state index in [1.54, 1.807) is 19.0 Å². The molecule has 10 heteroatoms. The van der Waals surface area contributed by atoms with Gasteiger partial charge >= 0.3 is 6.03 Å². The van der Waals surface area contributed by atoms with Crippen LogP contribution >= 0.6 is 11.3 Å². The van der Waals surface area contributed by atoms with Crippen LogP contribution in [0.2, 0.25) is 0 Å². The van der Waals surface area contributed by atoms with Crippen molar-refractivity contribution in [3.63, 3.8) is 0 Å². The number of benzene rings is 1. The lowest BCUT2D eigenvalue weighted by Crippen LogP contribution is -2.47. The Bertz CT molecular complexity index is 884. The number of carbonyl (C=O) groups excluding carboxylic acids is 2. The van der Waals surface area contributed by atoms with Gasteiger partial charge in [-0.25, -0.2) is 4.79 Å². The lowest BCUT2D eigenvalue weighted by Gasteiger charge is -2.26. The largest absolute Gasteiger partial charge is 0.454 e. The van der Waals surface area contributed by atoms with Crippen molar-refractivity contribution in [3.8, 4) is 22.1 Å². The Morgan fingerprint density at radius 2 is 2.07 bits per heavy atom. The third kappa shape index (κ3) is 3.39. The number of nitrogens with one attached hydrogen (secondary N) is 1. The second kappa shape index (κ2) is 7.03. The summed E-state index contributed by atoms with van der Waals surface area (Å²) in [6.07, 6.45) is 1.44. The van der Waals surface area contributed by atoms with Crippen molar-refractivity contribution in [1.29, 1.82) is 0 Å². The Morgan fingerprint density at radius 1 is 1.26 bits per heavy atom. The highest BCUT2D eigenvalue weighted by Crippen LogP contribution is 2.37. The molecule has 0 spiro atoms. The first kappa shape index (κ1) is 17.5. The number of nitrogens with zero attached hydrogens (tertiary/aromatic N) is 4. The van der Waals surface area contributed by atoms with Gasteiger partial charge in [-0.1, -0.05) is 11.3 Å². The van der Waals surface area contributed by atoms with Gasteiger partial charge in [0.1, 0.15) is 11.0 Å². The van der Waals surface area contributed by atoms with Gasteiger partial charge < -0.3 is 19.3 Å². The third-order valence-corrected chi connectivity index (χ3v) is 5.35. The number of carbonyl (C=O) groups is 2. The minimum Gasteiger partial charge on any atom is -0.454 e.